The zero-order valence-corrected chi connectivity index (χ0v) is 11.4. The fourth-order valence-electron chi connectivity index (χ4n) is 2.11. The van der Waals surface area contributed by atoms with Gasteiger partial charge in [0.1, 0.15) is 0 Å². The number of hydrazine groups is 1. The summed E-state index contributed by atoms with van der Waals surface area (Å²) in [6.07, 6.45) is 2.62. The van der Waals surface area contributed by atoms with Crippen molar-refractivity contribution in [2.75, 3.05) is 13.1 Å². The predicted octanol–water partition coefficient (Wildman–Crippen LogP) is 0.0483. The standard InChI is InChI=1S/C13H21N3O3/c1-8(2)12(18)14-15-13(19)10-5-11(17)16(7-10)6-9-3-4-9/h8-10H,3-7H2,1-2H3,(H,14,18)(H,15,19). The van der Waals surface area contributed by atoms with E-state index in [9.17, 15) is 14.4 Å². The minimum Gasteiger partial charge on any atom is -0.342 e. The monoisotopic (exact) mass is 267 g/mol. The van der Waals surface area contributed by atoms with Gasteiger partial charge in [-0.05, 0) is 18.8 Å². The van der Waals surface area contributed by atoms with Gasteiger partial charge in [0, 0.05) is 25.4 Å². The van der Waals surface area contributed by atoms with E-state index in [0.717, 1.165) is 6.54 Å². The molecule has 1 atom stereocenters. The van der Waals surface area contributed by atoms with Crippen molar-refractivity contribution in [3.8, 4) is 0 Å². The molecule has 3 amide bonds. The number of carbonyl (C=O) groups excluding carboxylic acids is 3. The summed E-state index contributed by atoms with van der Waals surface area (Å²) in [5, 5.41) is 0. The smallest absolute Gasteiger partial charge is 0.243 e. The molecule has 2 aliphatic rings. The van der Waals surface area contributed by atoms with Crippen LogP contribution in [0.4, 0.5) is 0 Å². The first-order chi connectivity index (χ1) is 8.97. The van der Waals surface area contributed by atoms with Crippen molar-refractivity contribution in [2.24, 2.45) is 17.8 Å². The molecule has 1 saturated carbocycles. The molecule has 2 N–H and O–H groups in total. The van der Waals surface area contributed by atoms with Gasteiger partial charge in [-0.25, -0.2) is 0 Å². The summed E-state index contributed by atoms with van der Waals surface area (Å²) in [6, 6.07) is 0. The molecule has 0 spiro atoms. The number of rotatable bonds is 4. The maximum Gasteiger partial charge on any atom is 0.243 e. The van der Waals surface area contributed by atoms with Crippen LogP contribution in [0.5, 0.6) is 0 Å². The Labute approximate surface area is 112 Å². The molecule has 1 aliphatic carbocycles. The summed E-state index contributed by atoms with van der Waals surface area (Å²) in [6.45, 7) is 4.75. The lowest BCUT2D eigenvalue weighted by Gasteiger charge is -2.16. The van der Waals surface area contributed by atoms with Crippen molar-refractivity contribution >= 4 is 17.7 Å². The van der Waals surface area contributed by atoms with Crippen LogP contribution in [0.1, 0.15) is 33.1 Å². The molecule has 0 radical (unpaired) electrons. The Morgan fingerprint density at radius 3 is 2.58 bits per heavy atom. The Hall–Kier alpha value is -1.59. The molecule has 6 nitrogen and oxygen atoms in total. The molecule has 1 unspecified atom stereocenters. The van der Waals surface area contributed by atoms with Crippen LogP contribution in [-0.2, 0) is 14.4 Å². The third-order valence-electron chi connectivity index (χ3n) is 3.59. The molecular weight excluding hydrogens is 246 g/mol. The zero-order chi connectivity index (χ0) is 14.0. The summed E-state index contributed by atoms with van der Waals surface area (Å²) in [5.74, 6) is -0.364. The van der Waals surface area contributed by atoms with Crippen molar-refractivity contribution in [2.45, 2.75) is 33.1 Å². The van der Waals surface area contributed by atoms with Crippen LogP contribution in [0.15, 0.2) is 0 Å². The number of hydrogen-bond acceptors (Lipinski definition) is 3. The third-order valence-corrected chi connectivity index (χ3v) is 3.59. The van der Waals surface area contributed by atoms with Gasteiger partial charge in [0.25, 0.3) is 0 Å². The highest BCUT2D eigenvalue weighted by molar-refractivity contribution is 5.90. The minimum atomic E-state index is -0.348. The van der Waals surface area contributed by atoms with Gasteiger partial charge < -0.3 is 4.90 Å². The molecule has 2 fully saturated rings. The van der Waals surface area contributed by atoms with Crippen molar-refractivity contribution in [1.29, 1.82) is 0 Å². The Morgan fingerprint density at radius 1 is 1.32 bits per heavy atom. The van der Waals surface area contributed by atoms with Gasteiger partial charge in [-0.1, -0.05) is 13.8 Å². The van der Waals surface area contributed by atoms with Gasteiger partial charge >= 0.3 is 0 Å². The third kappa shape index (κ3) is 3.68. The highest BCUT2D eigenvalue weighted by Crippen LogP contribution is 2.31. The normalized spacial score (nSPS) is 22.8. The van der Waals surface area contributed by atoms with E-state index in [-0.39, 0.29) is 36.0 Å². The van der Waals surface area contributed by atoms with Gasteiger partial charge in [-0.3, -0.25) is 25.2 Å². The van der Waals surface area contributed by atoms with Crippen LogP contribution in [0.2, 0.25) is 0 Å². The van der Waals surface area contributed by atoms with Crippen LogP contribution in [0, 0.1) is 17.8 Å². The highest BCUT2D eigenvalue weighted by Gasteiger charge is 2.37. The largest absolute Gasteiger partial charge is 0.342 e. The SMILES string of the molecule is CC(C)C(=O)NNC(=O)C1CC(=O)N(CC2CC2)C1. The highest BCUT2D eigenvalue weighted by atomic mass is 16.2. The first-order valence-corrected chi connectivity index (χ1v) is 6.85. The zero-order valence-electron chi connectivity index (χ0n) is 11.4. The van der Waals surface area contributed by atoms with E-state index in [1.54, 1.807) is 18.7 Å². The molecule has 1 saturated heterocycles. The molecule has 0 bridgehead atoms. The van der Waals surface area contributed by atoms with Crippen molar-refractivity contribution in [3.05, 3.63) is 0 Å². The van der Waals surface area contributed by atoms with Crippen LogP contribution in [0.25, 0.3) is 0 Å². The molecule has 19 heavy (non-hydrogen) atoms. The van der Waals surface area contributed by atoms with E-state index in [1.165, 1.54) is 12.8 Å². The number of nitrogens with one attached hydrogen (secondary N) is 2. The molecule has 0 aromatic carbocycles. The van der Waals surface area contributed by atoms with Crippen LogP contribution in [-0.4, -0.2) is 35.7 Å². The summed E-state index contributed by atoms with van der Waals surface area (Å²) in [7, 11) is 0. The van der Waals surface area contributed by atoms with Gasteiger partial charge in [0.2, 0.25) is 17.7 Å². The molecule has 2 rings (SSSR count). The first kappa shape index (κ1) is 13.8. The van der Waals surface area contributed by atoms with Crippen molar-refractivity contribution in [1.82, 2.24) is 15.8 Å². The summed E-state index contributed by atoms with van der Waals surface area (Å²) >= 11 is 0. The van der Waals surface area contributed by atoms with E-state index in [2.05, 4.69) is 10.9 Å². The fraction of sp³-hybridized carbons (Fsp3) is 0.769. The second-order valence-electron chi connectivity index (χ2n) is 5.78. The van der Waals surface area contributed by atoms with Gasteiger partial charge in [0.15, 0.2) is 0 Å². The molecule has 0 aromatic heterocycles. The Kier molecular flexibility index (Phi) is 4.07. The molecule has 1 heterocycles. The average Bonchev–Trinajstić information content (AvgIpc) is 3.09. The summed E-state index contributed by atoms with van der Waals surface area (Å²) in [5.41, 5.74) is 4.77. The van der Waals surface area contributed by atoms with E-state index in [4.69, 9.17) is 0 Å². The number of nitrogens with zero attached hydrogens (tertiary/aromatic N) is 1. The number of likely N-dealkylation sites (tertiary alicyclic amines) is 1. The first-order valence-electron chi connectivity index (χ1n) is 6.85. The number of carbonyl (C=O) groups is 3. The lowest BCUT2D eigenvalue weighted by Crippen LogP contribution is -2.46. The maximum atomic E-state index is 11.9. The molecule has 106 valence electrons. The second-order valence-corrected chi connectivity index (χ2v) is 5.78. The minimum absolute atomic E-state index is 0.0437. The Balaban J connectivity index is 1.77. The predicted molar refractivity (Wildman–Crippen MR) is 68.5 cm³/mol. The maximum absolute atomic E-state index is 11.9. The van der Waals surface area contributed by atoms with Crippen molar-refractivity contribution in [3.63, 3.8) is 0 Å². The lowest BCUT2D eigenvalue weighted by atomic mass is 10.1. The van der Waals surface area contributed by atoms with Gasteiger partial charge in [0.05, 0.1) is 5.92 Å². The van der Waals surface area contributed by atoms with Gasteiger partial charge in [-0.15, -0.1) is 0 Å². The summed E-state index contributed by atoms with van der Waals surface area (Å²) < 4.78 is 0. The van der Waals surface area contributed by atoms with E-state index in [0.29, 0.717) is 12.5 Å². The Morgan fingerprint density at radius 2 is 2.00 bits per heavy atom. The Bertz CT molecular complexity index is 391. The van der Waals surface area contributed by atoms with Crippen LogP contribution >= 0.6 is 0 Å². The number of hydrogen-bond donors (Lipinski definition) is 2. The molecule has 6 heteroatoms. The van der Waals surface area contributed by atoms with E-state index in [1.807, 2.05) is 0 Å². The molecule has 1 aliphatic heterocycles. The van der Waals surface area contributed by atoms with Gasteiger partial charge in [-0.2, -0.15) is 0 Å². The van der Waals surface area contributed by atoms with E-state index >= 15 is 0 Å². The van der Waals surface area contributed by atoms with Crippen LogP contribution < -0.4 is 10.9 Å². The molecular formula is C13H21N3O3. The van der Waals surface area contributed by atoms with Crippen molar-refractivity contribution < 1.29 is 14.4 Å². The summed E-state index contributed by atoms with van der Waals surface area (Å²) in [4.78, 5) is 36.7. The topological polar surface area (TPSA) is 78.5 Å². The fourth-order valence-corrected chi connectivity index (χ4v) is 2.11. The quantitative estimate of drug-likeness (QED) is 0.706. The van der Waals surface area contributed by atoms with Crippen LogP contribution in [0.3, 0.4) is 0 Å². The average molecular weight is 267 g/mol. The lowest BCUT2D eigenvalue weighted by molar-refractivity contribution is -0.132. The number of amides is 3. The van der Waals surface area contributed by atoms with E-state index < -0.39 is 0 Å². The molecule has 0 aromatic rings. The second kappa shape index (κ2) is 5.59.